The fourth-order valence-corrected chi connectivity index (χ4v) is 3.40. The van der Waals surface area contributed by atoms with Gasteiger partial charge in [0.15, 0.2) is 0 Å². The van der Waals surface area contributed by atoms with Crippen LogP contribution in [0.25, 0.3) is 10.9 Å². The van der Waals surface area contributed by atoms with E-state index in [4.69, 9.17) is 5.11 Å². The van der Waals surface area contributed by atoms with E-state index >= 15 is 0 Å². The van der Waals surface area contributed by atoms with Crippen molar-refractivity contribution in [1.29, 1.82) is 0 Å². The van der Waals surface area contributed by atoms with E-state index in [1.54, 1.807) is 15.6 Å². The molecule has 1 aromatic carbocycles. The van der Waals surface area contributed by atoms with Gasteiger partial charge in [-0.05, 0) is 12.1 Å². The van der Waals surface area contributed by atoms with Crippen molar-refractivity contribution >= 4 is 16.8 Å². The summed E-state index contributed by atoms with van der Waals surface area (Å²) in [6.07, 6.45) is 0.889. The van der Waals surface area contributed by atoms with Crippen LogP contribution in [-0.2, 0) is 20.1 Å². The van der Waals surface area contributed by atoms with Crippen molar-refractivity contribution in [2.75, 3.05) is 13.2 Å². The second kappa shape index (κ2) is 6.02. The number of aromatic nitrogens is 3. The minimum atomic E-state index is -0.986. The SMILES string of the molecule is Cn1cc(C(=O)N2CCn3nc([C@@H](O)CO)cc3C2)c2ccccc21. The van der Waals surface area contributed by atoms with E-state index in [1.165, 1.54) is 0 Å². The highest BCUT2D eigenvalue weighted by Crippen LogP contribution is 2.24. The monoisotopic (exact) mass is 340 g/mol. The molecule has 130 valence electrons. The van der Waals surface area contributed by atoms with Gasteiger partial charge in [-0.3, -0.25) is 9.48 Å². The normalized spacial score (nSPS) is 15.4. The van der Waals surface area contributed by atoms with Gasteiger partial charge in [0.2, 0.25) is 0 Å². The predicted octanol–water partition coefficient (Wildman–Crippen LogP) is 1.06. The first-order chi connectivity index (χ1) is 12.1. The Balaban J connectivity index is 1.62. The van der Waals surface area contributed by atoms with Gasteiger partial charge in [-0.1, -0.05) is 18.2 Å². The Bertz CT molecular complexity index is 943. The van der Waals surface area contributed by atoms with Crippen LogP contribution in [0.2, 0.25) is 0 Å². The molecule has 0 unspecified atom stereocenters. The zero-order valence-electron chi connectivity index (χ0n) is 14.0. The summed E-state index contributed by atoms with van der Waals surface area (Å²) in [6, 6.07) is 9.62. The smallest absolute Gasteiger partial charge is 0.256 e. The Morgan fingerprint density at radius 1 is 1.32 bits per heavy atom. The number of benzene rings is 1. The average Bonchev–Trinajstić information content (AvgIpc) is 3.21. The lowest BCUT2D eigenvalue weighted by Crippen LogP contribution is -2.38. The van der Waals surface area contributed by atoms with Gasteiger partial charge in [0.1, 0.15) is 6.10 Å². The van der Waals surface area contributed by atoms with E-state index in [0.717, 1.165) is 16.6 Å². The summed E-state index contributed by atoms with van der Waals surface area (Å²) in [4.78, 5) is 14.8. The number of fused-ring (bicyclic) bond motifs is 2. The Morgan fingerprint density at radius 2 is 2.12 bits per heavy atom. The van der Waals surface area contributed by atoms with Gasteiger partial charge in [0.05, 0.1) is 36.6 Å². The number of aryl methyl sites for hydroxylation is 1. The van der Waals surface area contributed by atoms with Crippen LogP contribution in [0, 0.1) is 0 Å². The van der Waals surface area contributed by atoms with E-state index in [-0.39, 0.29) is 12.5 Å². The molecule has 0 bridgehead atoms. The largest absolute Gasteiger partial charge is 0.393 e. The number of para-hydroxylation sites is 1. The molecule has 2 N–H and O–H groups in total. The van der Waals surface area contributed by atoms with Crippen molar-refractivity contribution in [3.8, 4) is 0 Å². The number of hydrogen-bond acceptors (Lipinski definition) is 4. The molecule has 1 amide bonds. The zero-order valence-corrected chi connectivity index (χ0v) is 14.0. The lowest BCUT2D eigenvalue weighted by Gasteiger charge is -2.27. The summed E-state index contributed by atoms with van der Waals surface area (Å²) in [5.74, 6) is -0.00601. The number of aliphatic hydroxyl groups excluding tert-OH is 2. The molecule has 4 rings (SSSR count). The average molecular weight is 340 g/mol. The van der Waals surface area contributed by atoms with Crippen LogP contribution in [-0.4, -0.2) is 48.5 Å². The van der Waals surface area contributed by atoms with E-state index in [1.807, 2.05) is 42.1 Å². The maximum atomic E-state index is 13.0. The first-order valence-electron chi connectivity index (χ1n) is 8.27. The Morgan fingerprint density at radius 3 is 2.92 bits per heavy atom. The number of carbonyl (C=O) groups excluding carboxylic acids is 1. The van der Waals surface area contributed by atoms with Crippen molar-refractivity contribution in [3.05, 3.63) is 53.5 Å². The summed E-state index contributed by atoms with van der Waals surface area (Å²) >= 11 is 0. The molecule has 0 aliphatic carbocycles. The van der Waals surface area contributed by atoms with E-state index < -0.39 is 6.10 Å². The van der Waals surface area contributed by atoms with Crippen molar-refractivity contribution in [2.24, 2.45) is 7.05 Å². The van der Waals surface area contributed by atoms with Gasteiger partial charge < -0.3 is 19.7 Å². The summed E-state index contributed by atoms with van der Waals surface area (Å²) in [6.45, 7) is 1.21. The topological polar surface area (TPSA) is 83.5 Å². The third-order valence-electron chi connectivity index (χ3n) is 4.75. The molecular weight excluding hydrogens is 320 g/mol. The first-order valence-corrected chi connectivity index (χ1v) is 8.27. The van der Waals surface area contributed by atoms with Crippen molar-refractivity contribution in [3.63, 3.8) is 0 Å². The molecule has 2 aromatic heterocycles. The quantitative estimate of drug-likeness (QED) is 0.747. The summed E-state index contributed by atoms with van der Waals surface area (Å²) in [5.41, 5.74) is 3.03. The fraction of sp³-hybridized carbons (Fsp3) is 0.333. The number of carbonyl (C=O) groups is 1. The minimum Gasteiger partial charge on any atom is -0.393 e. The molecule has 1 aliphatic rings. The highest BCUT2D eigenvalue weighted by atomic mass is 16.3. The van der Waals surface area contributed by atoms with Gasteiger partial charge >= 0.3 is 0 Å². The number of aliphatic hydroxyl groups is 2. The second-order valence-corrected chi connectivity index (χ2v) is 6.38. The van der Waals surface area contributed by atoms with Gasteiger partial charge in [-0.2, -0.15) is 5.10 Å². The molecule has 0 saturated carbocycles. The number of hydrogen-bond donors (Lipinski definition) is 2. The van der Waals surface area contributed by atoms with Crippen LogP contribution in [0.1, 0.15) is 27.8 Å². The maximum Gasteiger partial charge on any atom is 0.256 e. The third kappa shape index (κ3) is 2.61. The molecule has 3 heterocycles. The Kier molecular flexibility index (Phi) is 3.82. The lowest BCUT2D eigenvalue weighted by molar-refractivity contribution is 0.0706. The van der Waals surface area contributed by atoms with E-state index in [0.29, 0.717) is 30.9 Å². The Hall–Kier alpha value is -2.64. The van der Waals surface area contributed by atoms with Crippen molar-refractivity contribution in [2.45, 2.75) is 19.2 Å². The Labute approximate surface area is 144 Å². The zero-order chi connectivity index (χ0) is 17.6. The fourth-order valence-electron chi connectivity index (χ4n) is 3.40. The number of nitrogens with zero attached hydrogens (tertiary/aromatic N) is 4. The molecule has 3 aromatic rings. The van der Waals surface area contributed by atoms with Crippen LogP contribution < -0.4 is 0 Å². The molecule has 0 radical (unpaired) electrons. The van der Waals surface area contributed by atoms with Crippen molar-refractivity contribution < 1.29 is 15.0 Å². The molecule has 1 aliphatic heterocycles. The molecule has 0 saturated heterocycles. The highest BCUT2D eigenvalue weighted by Gasteiger charge is 2.26. The van der Waals surface area contributed by atoms with Crippen molar-refractivity contribution in [1.82, 2.24) is 19.2 Å². The van der Waals surface area contributed by atoms with E-state index in [9.17, 15) is 9.90 Å². The first kappa shape index (κ1) is 15.9. The van der Waals surface area contributed by atoms with Gasteiger partial charge in [-0.15, -0.1) is 0 Å². The van der Waals surface area contributed by atoms with Gasteiger partial charge in [-0.25, -0.2) is 0 Å². The van der Waals surface area contributed by atoms with Gasteiger partial charge in [0, 0.05) is 30.7 Å². The highest BCUT2D eigenvalue weighted by molar-refractivity contribution is 6.07. The molecule has 7 heteroatoms. The minimum absolute atomic E-state index is 0.00601. The van der Waals surface area contributed by atoms with Crippen LogP contribution in [0.5, 0.6) is 0 Å². The third-order valence-corrected chi connectivity index (χ3v) is 4.75. The van der Waals surface area contributed by atoms with E-state index in [2.05, 4.69) is 5.10 Å². The van der Waals surface area contributed by atoms with Crippen LogP contribution in [0.4, 0.5) is 0 Å². The molecule has 0 fully saturated rings. The standard InChI is InChI=1S/C18H20N4O3/c1-20-10-14(13-4-2-3-5-16(13)20)18(25)21-6-7-22-12(9-21)8-15(19-22)17(24)11-23/h2-5,8,10,17,23-24H,6-7,9,11H2,1H3/t17-/m0/s1. The number of rotatable bonds is 3. The second-order valence-electron chi connectivity index (χ2n) is 6.38. The molecule has 0 spiro atoms. The predicted molar refractivity (Wildman–Crippen MR) is 91.9 cm³/mol. The van der Waals surface area contributed by atoms with Crippen LogP contribution in [0.3, 0.4) is 0 Å². The van der Waals surface area contributed by atoms with Gasteiger partial charge in [0.25, 0.3) is 5.91 Å². The van der Waals surface area contributed by atoms with Crippen LogP contribution in [0.15, 0.2) is 36.5 Å². The lowest BCUT2D eigenvalue weighted by atomic mass is 10.1. The molecular formula is C18H20N4O3. The maximum absolute atomic E-state index is 13.0. The molecule has 1 atom stereocenters. The molecule has 25 heavy (non-hydrogen) atoms. The number of amides is 1. The van der Waals surface area contributed by atoms with Crippen LogP contribution >= 0.6 is 0 Å². The summed E-state index contributed by atoms with van der Waals surface area (Å²) < 4.78 is 3.76. The molecule has 7 nitrogen and oxygen atoms in total. The summed E-state index contributed by atoms with van der Waals surface area (Å²) in [7, 11) is 1.94. The summed E-state index contributed by atoms with van der Waals surface area (Å²) in [5, 5.41) is 24.1.